The first-order chi connectivity index (χ1) is 5.28. The quantitative estimate of drug-likeness (QED) is 0.491. The molecule has 0 aromatic heterocycles. The monoisotopic (exact) mass is 186 g/mol. The van der Waals surface area contributed by atoms with Gasteiger partial charge in [0, 0.05) is 0 Å². The summed E-state index contributed by atoms with van der Waals surface area (Å²) in [5.74, 6) is -7.60. The average molecular weight is 186 g/mol. The lowest BCUT2D eigenvalue weighted by Gasteiger charge is -2.11. The summed E-state index contributed by atoms with van der Waals surface area (Å²) >= 11 is 0. The van der Waals surface area contributed by atoms with Crippen LogP contribution in [0.15, 0.2) is 0 Å². The van der Waals surface area contributed by atoms with Gasteiger partial charge in [-0.15, -0.1) is 0 Å². The van der Waals surface area contributed by atoms with Gasteiger partial charge in [0.25, 0.3) is 0 Å². The molecule has 0 fully saturated rings. The maximum atomic E-state index is 12.0. The molecule has 0 aromatic rings. The van der Waals surface area contributed by atoms with E-state index in [-0.39, 0.29) is 0 Å². The van der Waals surface area contributed by atoms with Crippen LogP contribution in [0.3, 0.4) is 0 Å². The summed E-state index contributed by atoms with van der Waals surface area (Å²) in [7, 11) is 0. The minimum atomic E-state index is -4.70. The van der Waals surface area contributed by atoms with Crippen LogP contribution >= 0.6 is 0 Å². The third-order valence-corrected chi connectivity index (χ3v) is 1.06. The van der Waals surface area contributed by atoms with E-state index in [0.29, 0.717) is 0 Å². The summed E-state index contributed by atoms with van der Waals surface area (Å²) in [6.45, 7) is 0.874. The number of ketones is 2. The predicted octanol–water partition coefficient (Wildman–Crippen LogP) is 1.44. The summed E-state index contributed by atoms with van der Waals surface area (Å²) in [6.07, 6.45) is -5.21. The number of hydrogen-bond donors (Lipinski definition) is 0. The number of carbonyl (C=O) groups excluding carboxylic acids is 2. The van der Waals surface area contributed by atoms with Gasteiger partial charge in [-0.3, -0.25) is 9.59 Å². The fourth-order valence-electron chi connectivity index (χ4n) is 0.466. The zero-order chi connectivity index (χ0) is 9.94. The molecule has 0 aromatic carbocycles. The van der Waals surface area contributed by atoms with Crippen molar-refractivity contribution < 1.29 is 27.2 Å². The van der Waals surface area contributed by atoms with Crippen molar-refractivity contribution in [1.29, 1.82) is 0 Å². The van der Waals surface area contributed by atoms with Gasteiger partial charge in [0.1, 0.15) is 5.78 Å². The molecule has 0 rings (SSSR count). The molecule has 0 bridgehead atoms. The van der Waals surface area contributed by atoms with Gasteiger partial charge in [-0.1, -0.05) is 0 Å². The highest BCUT2D eigenvalue weighted by Gasteiger charge is 2.48. The van der Waals surface area contributed by atoms with Gasteiger partial charge in [-0.2, -0.15) is 8.78 Å². The second-order valence-electron chi connectivity index (χ2n) is 2.23. The van der Waals surface area contributed by atoms with E-state index in [1.54, 1.807) is 0 Å². The summed E-state index contributed by atoms with van der Waals surface area (Å²) in [6, 6.07) is 0. The van der Waals surface area contributed by atoms with Crippen molar-refractivity contribution in [3.05, 3.63) is 0 Å². The molecular formula is C6H6F4O2. The van der Waals surface area contributed by atoms with E-state index in [1.165, 1.54) is 0 Å². The molecule has 0 amide bonds. The molecule has 0 saturated heterocycles. The van der Waals surface area contributed by atoms with Crippen LogP contribution in [0.2, 0.25) is 0 Å². The fraction of sp³-hybridized carbons (Fsp3) is 0.667. The molecule has 0 radical (unpaired) electrons. The standard InChI is InChI=1S/C6H6F4O2/c1-3(11)2-4(12)6(9,10)5(7)8/h5H,2H2,1H3. The number of carbonyl (C=O) groups is 2. The van der Waals surface area contributed by atoms with Crippen molar-refractivity contribution in [2.75, 3.05) is 0 Å². The van der Waals surface area contributed by atoms with Crippen LogP contribution in [0, 0.1) is 0 Å². The predicted molar refractivity (Wildman–Crippen MR) is 31.3 cm³/mol. The van der Waals surface area contributed by atoms with Gasteiger partial charge in [0.05, 0.1) is 6.42 Å². The van der Waals surface area contributed by atoms with E-state index in [4.69, 9.17) is 0 Å². The summed E-state index contributed by atoms with van der Waals surface area (Å²) in [5.41, 5.74) is 0. The largest absolute Gasteiger partial charge is 0.364 e. The Balaban J connectivity index is 4.36. The molecule has 0 aliphatic heterocycles. The van der Waals surface area contributed by atoms with Crippen LogP contribution in [0.4, 0.5) is 17.6 Å². The van der Waals surface area contributed by atoms with Crippen LogP contribution in [0.1, 0.15) is 13.3 Å². The molecule has 70 valence electrons. The first-order valence-electron chi connectivity index (χ1n) is 2.97. The van der Waals surface area contributed by atoms with E-state index in [2.05, 4.69) is 0 Å². The van der Waals surface area contributed by atoms with Crippen molar-refractivity contribution in [2.45, 2.75) is 25.7 Å². The Kier molecular flexibility index (Phi) is 3.36. The lowest BCUT2D eigenvalue weighted by atomic mass is 10.1. The number of hydrogen-bond acceptors (Lipinski definition) is 2. The molecule has 0 N–H and O–H groups in total. The van der Waals surface area contributed by atoms with Crippen molar-refractivity contribution in [3.8, 4) is 0 Å². The molecule has 0 saturated carbocycles. The second-order valence-corrected chi connectivity index (χ2v) is 2.23. The zero-order valence-corrected chi connectivity index (χ0v) is 6.11. The molecule has 2 nitrogen and oxygen atoms in total. The highest BCUT2D eigenvalue weighted by atomic mass is 19.3. The van der Waals surface area contributed by atoms with Crippen molar-refractivity contribution in [3.63, 3.8) is 0 Å². The van der Waals surface area contributed by atoms with Crippen molar-refractivity contribution in [2.24, 2.45) is 0 Å². The lowest BCUT2D eigenvalue weighted by molar-refractivity contribution is -0.167. The first kappa shape index (κ1) is 11.1. The van der Waals surface area contributed by atoms with E-state index < -0.39 is 30.3 Å². The summed E-state index contributed by atoms with van der Waals surface area (Å²) in [4.78, 5) is 20.4. The van der Waals surface area contributed by atoms with Gasteiger partial charge in [0.2, 0.25) is 5.78 Å². The molecule has 0 heterocycles. The van der Waals surface area contributed by atoms with Crippen LogP contribution in [-0.4, -0.2) is 23.9 Å². The van der Waals surface area contributed by atoms with Gasteiger partial charge in [-0.05, 0) is 6.92 Å². The van der Waals surface area contributed by atoms with Gasteiger partial charge in [0.15, 0.2) is 0 Å². The molecule has 12 heavy (non-hydrogen) atoms. The normalized spacial score (nSPS) is 11.8. The lowest BCUT2D eigenvalue weighted by Crippen LogP contribution is -2.37. The number of halogens is 4. The molecule has 0 aliphatic carbocycles. The summed E-state index contributed by atoms with van der Waals surface area (Å²) in [5, 5.41) is 0. The SMILES string of the molecule is CC(=O)CC(=O)C(F)(F)C(F)F. The third-order valence-electron chi connectivity index (χ3n) is 1.06. The minimum absolute atomic E-state index is 0.861. The topological polar surface area (TPSA) is 34.1 Å². The van der Waals surface area contributed by atoms with E-state index >= 15 is 0 Å². The molecule has 0 unspecified atom stereocenters. The van der Waals surface area contributed by atoms with Crippen LogP contribution in [0.25, 0.3) is 0 Å². The number of Topliss-reactive ketones (excluding diaryl/α,β-unsaturated/α-hetero) is 2. The number of rotatable bonds is 4. The molecule has 0 spiro atoms. The Morgan fingerprint density at radius 1 is 1.33 bits per heavy atom. The van der Waals surface area contributed by atoms with Crippen molar-refractivity contribution in [1.82, 2.24) is 0 Å². The number of alkyl halides is 4. The van der Waals surface area contributed by atoms with Gasteiger partial charge < -0.3 is 0 Å². The Hall–Kier alpha value is -0.940. The highest BCUT2D eigenvalue weighted by Crippen LogP contribution is 2.24. The van der Waals surface area contributed by atoms with Gasteiger partial charge in [-0.25, -0.2) is 8.78 Å². The maximum Gasteiger partial charge on any atom is 0.364 e. The zero-order valence-electron chi connectivity index (χ0n) is 6.11. The van der Waals surface area contributed by atoms with Crippen LogP contribution < -0.4 is 0 Å². The highest BCUT2D eigenvalue weighted by molar-refractivity contribution is 6.01. The van der Waals surface area contributed by atoms with Crippen molar-refractivity contribution >= 4 is 11.6 Å². The van der Waals surface area contributed by atoms with Gasteiger partial charge >= 0.3 is 12.3 Å². The second kappa shape index (κ2) is 3.64. The Labute approximate surface area is 65.5 Å². The Bertz CT molecular complexity index is 200. The van der Waals surface area contributed by atoms with E-state index in [9.17, 15) is 27.2 Å². The fourth-order valence-corrected chi connectivity index (χ4v) is 0.466. The third kappa shape index (κ3) is 2.60. The van der Waals surface area contributed by atoms with Crippen LogP contribution in [0.5, 0.6) is 0 Å². The molecule has 6 heteroatoms. The minimum Gasteiger partial charge on any atom is -0.300 e. The van der Waals surface area contributed by atoms with E-state index in [0.717, 1.165) is 6.92 Å². The maximum absolute atomic E-state index is 12.0. The molecule has 0 aliphatic rings. The van der Waals surface area contributed by atoms with Crippen LogP contribution in [-0.2, 0) is 9.59 Å². The Morgan fingerprint density at radius 3 is 2.00 bits per heavy atom. The molecule has 0 atom stereocenters. The first-order valence-corrected chi connectivity index (χ1v) is 2.97. The Morgan fingerprint density at radius 2 is 1.75 bits per heavy atom. The summed E-state index contributed by atoms with van der Waals surface area (Å²) < 4.78 is 47.0. The smallest absolute Gasteiger partial charge is 0.300 e. The van der Waals surface area contributed by atoms with E-state index in [1.807, 2.05) is 0 Å². The molecular weight excluding hydrogens is 180 g/mol. The average Bonchev–Trinajstić information content (AvgIpc) is 1.85.